The zero-order valence-corrected chi connectivity index (χ0v) is 15.7. The summed E-state index contributed by atoms with van der Waals surface area (Å²) in [4.78, 5) is 26.1. The lowest BCUT2D eigenvalue weighted by Gasteiger charge is -2.31. The Morgan fingerprint density at radius 2 is 1.96 bits per heavy atom. The first-order valence-corrected chi connectivity index (χ1v) is 8.53. The zero-order valence-electron chi connectivity index (χ0n) is 14.9. The molecule has 0 aromatic heterocycles. The number of carbonyl (C=O) groups is 2. The number of halogens is 1. The van der Waals surface area contributed by atoms with E-state index in [1.165, 1.54) is 6.92 Å². The molecule has 0 radical (unpaired) electrons. The number of benzene rings is 1. The predicted molar refractivity (Wildman–Crippen MR) is 99.8 cm³/mol. The van der Waals surface area contributed by atoms with Crippen molar-refractivity contribution in [1.82, 2.24) is 10.2 Å². The summed E-state index contributed by atoms with van der Waals surface area (Å²) in [6.45, 7) is 5.26. The Hall–Kier alpha value is -1.79. The van der Waals surface area contributed by atoms with Crippen molar-refractivity contribution in [3.05, 3.63) is 29.8 Å². The molecule has 2 rings (SSSR count). The van der Waals surface area contributed by atoms with Gasteiger partial charge >= 0.3 is 0 Å². The first-order chi connectivity index (χ1) is 11.5. The summed E-state index contributed by atoms with van der Waals surface area (Å²) in [5.41, 5.74) is 6.73. The monoisotopic (exact) mass is 369 g/mol. The minimum Gasteiger partial charge on any atom is -0.494 e. The number of rotatable bonds is 6. The Balaban J connectivity index is 0.00000312. The van der Waals surface area contributed by atoms with Crippen molar-refractivity contribution in [3.63, 3.8) is 0 Å². The summed E-state index contributed by atoms with van der Waals surface area (Å²) in [5, 5.41) is 2.88. The van der Waals surface area contributed by atoms with Gasteiger partial charge in [0.05, 0.1) is 19.1 Å². The molecule has 7 heteroatoms. The molecule has 0 saturated carbocycles. The smallest absolute Gasteiger partial charge is 0.224 e. The normalized spacial score (nSPS) is 15.9. The highest BCUT2D eigenvalue weighted by atomic mass is 35.5. The number of ether oxygens (including phenoxy) is 1. The highest BCUT2D eigenvalue weighted by Gasteiger charge is 2.26. The number of hydrogen-bond donors (Lipinski definition) is 2. The van der Waals surface area contributed by atoms with Crippen molar-refractivity contribution in [1.29, 1.82) is 0 Å². The van der Waals surface area contributed by atoms with E-state index in [9.17, 15) is 9.59 Å². The van der Waals surface area contributed by atoms with E-state index < -0.39 is 6.04 Å². The number of amides is 2. The molecule has 140 valence electrons. The highest BCUT2D eigenvalue weighted by Crippen LogP contribution is 2.28. The van der Waals surface area contributed by atoms with Crippen molar-refractivity contribution >= 4 is 24.2 Å². The Kier molecular flexibility index (Phi) is 8.72. The molecule has 1 aliphatic rings. The molecule has 1 aliphatic heterocycles. The molecule has 1 heterocycles. The van der Waals surface area contributed by atoms with Gasteiger partial charge in [-0.15, -0.1) is 12.4 Å². The van der Waals surface area contributed by atoms with Crippen molar-refractivity contribution in [2.45, 2.75) is 45.2 Å². The van der Waals surface area contributed by atoms with E-state index in [0.29, 0.717) is 25.4 Å². The summed E-state index contributed by atoms with van der Waals surface area (Å²) < 4.78 is 5.65. The van der Waals surface area contributed by atoms with Crippen LogP contribution in [0.2, 0.25) is 0 Å². The van der Waals surface area contributed by atoms with Crippen LogP contribution in [0.15, 0.2) is 24.3 Å². The fourth-order valence-corrected chi connectivity index (χ4v) is 2.99. The minimum absolute atomic E-state index is 0. The molecule has 1 fully saturated rings. The van der Waals surface area contributed by atoms with Gasteiger partial charge < -0.3 is 20.7 Å². The van der Waals surface area contributed by atoms with Gasteiger partial charge in [-0.1, -0.05) is 18.2 Å². The topological polar surface area (TPSA) is 84.7 Å². The van der Waals surface area contributed by atoms with E-state index in [1.54, 1.807) is 0 Å². The fraction of sp³-hybridized carbons (Fsp3) is 0.556. The van der Waals surface area contributed by atoms with Gasteiger partial charge in [0.25, 0.3) is 0 Å². The second-order valence-electron chi connectivity index (χ2n) is 6.15. The van der Waals surface area contributed by atoms with Gasteiger partial charge in [-0.3, -0.25) is 9.59 Å². The summed E-state index contributed by atoms with van der Waals surface area (Å²) in [5.74, 6) is 0.568. The molecule has 0 spiro atoms. The van der Waals surface area contributed by atoms with Crippen molar-refractivity contribution in [3.8, 4) is 5.75 Å². The standard InChI is InChI=1S/C18H27N3O3.ClH/c1-3-24-17-7-5-4-6-15(17)16(20-13(2)22)12-18(23)21-10-8-14(19)9-11-21;/h4-7,14,16H,3,8-12,19H2,1-2H3,(H,20,22);1H. The van der Waals surface area contributed by atoms with Crippen LogP contribution in [-0.4, -0.2) is 42.5 Å². The van der Waals surface area contributed by atoms with Gasteiger partial charge in [-0.25, -0.2) is 0 Å². The Labute approximate surface area is 155 Å². The molecular formula is C18H28ClN3O3. The molecule has 1 aromatic carbocycles. The average Bonchev–Trinajstić information content (AvgIpc) is 2.55. The Bertz CT molecular complexity index is 574. The molecule has 25 heavy (non-hydrogen) atoms. The quantitative estimate of drug-likeness (QED) is 0.803. The summed E-state index contributed by atoms with van der Waals surface area (Å²) in [6, 6.07) is 7.31. The van der Waals surface area contributed by atoms with E-state index in [0.717, 1.165) is 18.4 Å². The van der Waals surface area contributed by atoms with E-state index >= 15 is 0 Å². The van der Waals surface area contributed by atoms with Crippen LogP contribution in [0.25, 0.3) is 0 Å². The fourth-order valence-electron chi connectivity index (χ4n) is 2.99. The van der Waals surface area contributed by atoms with Gasteiger partial charge in [-0.05, 0) is 25.8 Å². The highest BCUT2D eigenvalue weighted by molar-refractivity contribution is 5.85. The second kappa shape index (κ2) is 10.3. The van der Waals surface area contributed by atoms with Crippen LogP contribution in [0.5, 0.6) is 5.75 Å². The van der Waals surface area contributed by atoms with Crippen molar-refractivity contribution in [2.24, 2.45) is 5.73 Å². The van der Waals surface area contributed by atoms with E-state index in [-0.39, 0.29) is 36.7 Å². The van der Waals surface area contributed by atoms with Gasteiger partial charge in [-0.2, -0.15) is 0 Å². The number of likely N-dealkylation sites (tertiary alicyclic amines) is 1. The maximum atomic E-state index is 12.6. The summed E-state index contributed by atoms with van der Waals surface area (Å²) >= 11 is 0. The van der Waals surface area contributed by atoms with Gasteiger partial charge in [0.2, 0.25) is 11.8 Å². The number of nitrogens with two attached hydrogens (primary N) is 1. The van der Waals surface area contributed by atoms with Gasteiger partial charge in [0.1, 0.15) is 5.75 Å². The molecule has 1 unspecified atom stereocenters. The molecule has 0 aliphatic carbocycles. The zero-order chi connectivity index (χ0) is 17.5. The maximum absolute atomic E-state index is 12.6. The van der Waals surface area contributed by atoms with Crippen LogP contribution >= 0.6 is 12.4 Å². The minimum atomic E-state index is -0.395. The first kappa shape index (κ1) is 21.3. The number of piperidine rings is 1. The van der Waals surface area contributed by atoms with Crippen LogP contribution in [-0.2, 0) is 9.59 Å². The summed E-state index contributed by atoms with van der Waals surface area (Å²) in [6.07, 6.45) is 1.87. The van der Waals surface area contributed by atoms with Gasteiger partial charge in [0.15, 0.2) is 0 Å². The summed E-state index contributed by atoms with van der Waals surface area (Å²) in [7, 11) is 0. The maximum Gasteiger partial charge on any atom is 0.224 e. The number of nitrogens with one attached hydrogen (secondary N) is 1. The van der Waals surface area contributed by atoms with E-state index in [1.807, 2.05) is 36.1 Å². The number of nitrogens with zero attached hydrogens (tertiary/aromatic N) is 1. The molecular weight excluding hydrogens is 342 g/mol. The third kappa shape index (κ3) is 6.21. The number of carbonyl (C=O) groups excluding carboxylic acids is 2. The van der Waals surface area contributed by atoms with Crippen molar-refractivity contribution < 1.29 is 14.3 Å². The molecule has 1 atom stereocenters. The molecule has 6 nitrogen and oxygen atoms in total. The molecule has 3 N–H and O–H groups in total. The second-order valence-corrected chi connectivity index (χ2v) is 6.15. The van der Waals surface area contributed by atoms with E-state index in [2.05, 4.69) is 5.32 Å². The van der Waals surface area contributed by atoms with E-state index in [4.69, 9.17) is 10.5 Å². The number of hydrogen-bond acceptors (Lipinski definition) is 4. The molecule has 1 saturated heterocycles. The third-order valence-corrected chi connectivity index (χ3v) is 4.24. The van der Waals surface area contributed by atoms with Crippen LogP contribution in [0.4, 0.5) is 0 Å². The predicted octanol–water partition coefficient (Wildman–Crippen LogP) is 2.02. The van der Waals surface area contributed by atoms with Crippen LogP contribution in [0, 0.1) is 0 Å². The van der Waals surface area contributed by atoms with Gasteiger partial charge in [0, 0.05) is 31.6 Å². The Morgan fingerprint density at radius 3 is 2.56 bits per heavy atom. The largest absolute Gasteiger partial charge is 0.494 e. The lowest BCUT2D eigenvalue weighted by molar-refractivity contribution is -0.133. The molecule has 2 amide bonds. The van der Waals surface area contributed by atoms with Crippen molar-refractivity contribution in [2.75, 3.05) is 19.7 Å². The molecule has 0 bridgehead atoms. The molecule has 1 aromatic rings. The average molecular weight is 370 g/mol. The lowest BCUT2D eigenvalue weighted by Crippen LogP contribution is -2.44. The van der Waals surface area contributed by atoms with Crippen LogP contribution in [0.3, 0.4) is 0 Å². The third-order valence-electron chi connectivity index (χ3n) is 4.24. The lowest BCUT2D eigenvalue weighted by atomic mass is 10.00. The first-order valence-electron chi connectivity index (χ1n) is 8.53. The number of para-hydroxylation sites is 1. The SMILES string of the molecule is CCOc1ccccc1C(CC(=O)N1CCC(N)CC1)NC(C)=O.Cl. The van der Waals surface area contributed by atoms with Crippen LogP contribution < -0.4 is 15.8 Å². The van der Waals surface area contributed by atoms with Crippen LogP contribution in [0.1, 0.15) is 44.7 Å². The Morgan fingerprint density at radius 1 is 1.32 bits per heavy atom.